The van der Waals surface area contributed by atoms with E-state index in [1.165, 1.54) is 0 Å². The van der Waals surface area contributed by atoms with E-state index in [9.17, 15) is 4.79 Å². The van der Waals surface area contributed by atoms with Gasteiger partial charge in [0.15, 0.2) is 0 Å². The molecule has 0 radical (unpaired) electrons. The van der Waals surface area contributed by atoms with Gasteiger partial charge in [-0.25, -0.2) is 4.98 Å². The highest BCUT2D eigenvalue weighted by Gasteiger charge is 2.12. The average molecular weight is 402 g/mol. The van der Waals surface area contributed by atoms with E-state index in [0.717, 1.165) is 44.5 Å². The molecule has 1 N–H and O–H groups in total. The molecule has 0 atom stereocenters. The maximum absolute atomic E-state index is 11.7. The van der Waals surface area contributed by atoms with Crippen LogP contribution in [0.5, 0.6) is 0 Å². The summed E-state index contributed by atoms with van der Waals surface area (Å²) in [6, 6.07) is 9.73. The predicted molar refractivity (Wildman–Crippen MR) is 119 cm³/mol. The zero-order valence-electron chi connectivity index (χ0n) is 17.6. The molecular formula is C24H26N4O2. The van der Waals surface area contributed by atoms with Crippen LogP contribution >= 0.6 is 0 Å². The molecule has 0 saturated heterocycles. The zero-order chi connectivity index (χ0) is 21.5. The lowest BCUT2D eigenvalue weighted by atomic mass is 10.1. The zero-order valence-corrected chi connectivity index (χ0v) is 17.6. The van der Waals surface area contributed by atoms with Crippen molar-refractivity contribution in [1.29, 1.82) is 0 Å². The van der Waals surface area contributed by atoms with E-state index in [4.69, 9.17) is 9.72 Å². The summed E-state index contributed by atoms with van der Waals surface area (Å²) in [7, 11) is 0. The number of rotatable bonds is 7. The van der Waals surface area contributed by atoms with Gasteiger partial charge in [-0.05, 0) is 62.3 Å². The van der Waals surface area contributed by atoms with Crippen LogP contribution in [0.4, 0.5) is 0 Å². The number of esters is 1. The molecule has 0 aliphatic heterocycles. The van der Waals surface area contributed by atoms with Crippen molar-refractivity contribution < 1.29 is 9.53 Å². The van der Waals surface area contributed by atoms with Crippen molar-refractivity contribution in [2.24, 2.45) is 0 Å². The number of aromatic nitrogens is 4. The Morgan fingerprint density at radius 1 is 1.17 bits per heavy atom. The normalized spacial score (nSPS) is 12.2. The van der Waals surface area contributed by atoms with Crippen molar-refractivity contribution in [3.05, 3.63) is 64.4 Å². The summed E-state index contributed by atoms with van der Waals surface area (Å²) in [5, 5.41) is 8.81. The van der Waals surface area contributed by atoms with Crippen LogP contribution in [0.3, 0.4) is 0 Å². The molecule has 0 aromatic carbocycles. The summed E-state index contributed by atoms with van der Waals surface area (Å²) < 4.78 is 5.02. The highest BCUT2D eigenvalue weighted by atomic mass is 16.5. The van der Waals surface area contributed by atoms with Crippen LogP contribution in [0.1, 0.15) is 32.4 Å². The first-order chi connectivity index (χ1) is 14.5. The number of carbonyl (C=O) groups is 1. The van der Waals surface area contributed by atoms with Crippen molar-refractivity contribution in [3.63, 3.8) is 0 Å². The summed E-state index contributed by atoms with van der Waals surface area (Å²) in [6.45, 7) is 10.2. The molecule has 154 valence electrons. The van der Waals surface area contributed by atoms with E-state index < -0.39 is 0 Å². The summed E-state index contributed by atoms with van der Waals surface area (Å²) >= 11 is 0. The van der Waals surface area contributed by atoms with E-state index in [1.54, 1.807) is 13.1 Å². The van der Waals surface area contributed by atoms with Gasteiger partial charge in [0.2, 0.25) is 0 Å². The molecular weight excluding hydrogens is 376 g/mol. The molecule has 3 aromatic heterocycles. The second-order valence-electron chi connectivity index (χ2n) is 6.88. The number of hydrogen-bond acceptors (Lipinski definition) is 5. The lowest BCUT2D eigenvalue weighted by Gasteiger charge is -2.05. The number of nitrogens with one attached hydrogen (secondary N) is 1. The SMILES string of the molecule is C=c1ccc(-c2cn[nH]c2-c2cccc(C)n2)n/c1=C/C(=C\C)CCC(=O)OCC. The third kappa shape index (κ3) is 5.08. The van der Waals surface area contributed by atoms with E-state index in [2.05, 4.69) is 21.8 Å². The average Bonchev–Trinajstić information content (AvgIpc) is 3.22. The Hall–Kier alpha value is -3.54. The van der Waals surface area contributed by atoms with Gasteiger partial charge in [0.1, 0.15) is 0 Å². The molecule has 3 heterocycles. The Labute approximate surface area is 176 Å². The lowest BCUT2D eigenvalue weighted by molar-refractivity contribution is -0.143. The van der Waals surface area contributed by atoms with E-state index in [-0.39, 0.29) is 5.97 Å². The maximum Gasteiger partial charge on any atom is 0.306 e. The Morgan fingerprint density at radius 2 is 2.00 bits per heavy atom. The molecule has 6 nitrogen and oxygen atoms in total. The Balaban J connectivity index is 1.95. The van der Waals surface area contributed by atoms with Crippen molar-refractivity contribution in [1.82, 2.24) is 20.2 Å². The molecule has 0 saturated carbocycles. The van der Waals surface area contributed by atoms with Crippen LogP contribution in [-0.2, 0) is 9.53 Å². The maximum atomic E-state index is 11.7. The number of hydrogen-bond donors (Lipinski definition) is 1. The molecule has 0 bridgehead atoms. The fourth-order valence-electron chi connectivity index (χ4n) is 3.09. The van der Waals surface area contributed by atoms with Crippen LogP contribution in [0, 0.1) is 6.92 Å². The number of aryl methyl sites for hydroxylation is 1. The second-order valence-corrected chi connectivity index (χ2v) is 6.88. The Morgan fingerprint density at radius 3 is 2.73 bits per heavy atom. The van der Waals surface area contributed by atoms with Gasteiger partial charge in [-0.3, -0.25) is 14.9 Å². The van der Waals surface area contributed by atoms with Gasteiger partial charge < -0.3 is 4.74 Å². The highest BCUT2D eigenvalue weighted by molar-refractivity contribution is 5.76. The van der Waals surface area contributed by atoms with Crippen LogP contribution in [0.15, 0.2) is 48.2 Å². The largest absolute Gasteiger partial charge is 0.466 e. The lowest BCUT2D eigenvalue weighted by Crippen LogP contribution is -2.27. The number of ether oxygens (including phenoxy) is 1. The number of carbonyl (C=O) groups excluding carboxylic acids is 1. The molecule has 0 aliphatic rings. The molecule has 0 spiro atoms. The third-order valence-electron chi connectivity index (χ3n) is 4.69. The first-order valence-electron chi connectivity index (χ1n) is 9.98. The van der Waals surface area contributed by atoms with Crippen molar-refractivity contribution >= 4 is 18.6 Å². The number of aromatic amines is 1. The smallest absolute Gasteiger partial charge is 0.306 e. The Kier molecular flexibility index (Phi) is 6.91. The molecule has 0 aliphatic carbocycles. The van der Waals surface area contributed by atoms with Crippen LogP contribution in [-0.4, -0.2) is 32.7 Å². The molecule has 0 unspecified atom stereocenters. The molecule has 3 aromatic rings. The first kappa shape index (κ1) is 21.2. The minimum atomic E-state index is -0.199. The van der Waals surface area contributed by atoms with Gasteiger partial charge in [0.05, 0.1) is 35.2 Å². The van der Waals surface area contributed by atoms with E-state index >= 15 is 0 Å². The van der Waals surface area contributed by atoms with E-state index in [1.807, 2.05) is 56.3 Å². The summed E-state index contributed by atoms with van der Waals surface area (Å²) in [5.41, 5.74) is 5.23. The monoisotopic (exact) mass is 402 g/mol. The van der Waals surface area contributed by atoms with Gasteiger partial charge in [0, 0.05) is 17.7 Å². The van der Waals surface area contributed by atoms with Crippen molar-refractivity contribution in [2.45, 2.75) is 33.6 Å². The van der Waals surface area contributed by atoms with Gasteiger partial charge >= 0.3 is 5.97 Å². The quantitative estimate of drug-likeness (QED) is 0.613. The van der Waals surface area contributed by atoms with Crippen LogP contribution < -0.4 is 10.6 Å². The van der Waals surface area contributed by atoms with Crippen molar-refractivity contribution in [2.75, 3.05) is 6.61 Å². The molecule has 3 rings (SSSR count). The van der Waals surface area contributed by atoms with E-state index in [0.29, 0.717) is 19.4 Å². The molecule has 0 fully saturated rings. The Bertz CT molecular complexity index is 1180. The second kappa shape index (κ2) is 9.78. The van der Waals surface area contributed by atoms with Crippen molar-refractivity contribution in [3.8, 4) is 22.6 Å². The number of pyridine rings is 2. The third-order valence-corrected chi connectivity index (χ3v) is 4.69. The molecule has 0 amide bonds. The fourth-order valence-corrected chi connectivity index (χ4v) is 3.09. The van der Waals surface area contributed by atoms with Gasteiger partial charge in [-0.2, -0.15) is 5.10 Å². The summed E-state index contributed by atoms with van der Waals surface area (Å²) in [6.07, 6.45) is 6.63. The number of H-pyrrole nitrogens is 1. The molecule has 30 heavy (non-hydrogen) atoms. The topological polar surface area (TPSA) is 80.8 Å². The first-order valence-corrected chi connectivity index (χ1v) is 9.98. The highest BCUT2D eigenvalue weighted by Crippen LogP contribution is 2.26. The van der Waals surface area contributed by atoms with Gasteiger partial charge in [0.25, 0.3) is 0 Å². The standard InChI is InChI=1S/C24H26N4O2/c1-5-18(11-13-23(29)30-6-2)14-22-16(3)10-12-20(27-22)19-15-25-28-24(19)21-9-7-8-17(4)26-21/h5,7-10,12,14-15H,3,6,11,13H2,1-2,4H3,(H,25,28)/b18-5-,22-14+. The van der Waals surface area contributed by atoms with Crippen LogP contribution in [0.2, 0.25) is 0 Å². The minimum Gasteiger partial charge on any atom is -0.466 e. The van der Waals surface area contributed by atoms with Crippen LogP contribution in [0.25, 0.3) is 35.3 Å². The number of allylic oxidation sites excluding steroid dienone is 2. The fraction of sp³-hybridized carbons (Fsp3) is 0.250. The summed E-state index contributed by atoms with van der Waals surface area (Å²) in [4.78, 5) is 21.1. The van der Waals surface area contributed by atoms with Gasteiger partial charge in [-0.15, -0.1) is 0 Å². The molecule has 6 heteroatoms. The van der Waals surface area contributed by atoms with Gasteiger partial charge in [-0.1, -0.05) is 24.8 Å². The summed E-state index contributed by atoms with van der Waals surface area (Å²) in [5.74, 6) is -0.199. The minimum absolute atomic E-state index is 0.199. The predicted octanol–water partition coefficient (Wildman–Crippen LogP) is 3.32. The number of nitrogens with zero attached hydrogens (tertiary/aromatic N) is 3.